The van der Waals surface area contributed by atoms with E-state index in [1.165, 1.54) is 0 Å². The van der Waals surface area contributed by atoms with Gasteiger partial charge in [0.2, 0.25) is 0 Å². The average molecular weight is 283 g/mol. The lowest BCUT2D eigenvalue weighted by molar-refractivity contribution is 0.144. The van der Waals surface area contributed by atoms with E-state index in [-0.39, 0.29) is 0 Å². The summed E-state index contributed by atoms with van der Waals surface area (Å²) in [5, 5.41) is 4.21. The van der Waals surface area contributed by atoms with Crippen LogP contribution in [0.15, 0.2) is 58.6 Å². The molecule has 0 saturated carbocycles. The van der Waals surface area contributed by atoms with Crippen molar-refractivity contribution in [3.05, 3.63) is 54.7 Å². The van der Waals surface area contributed by atoms with Crippen molar-refractivity contribution in [1.29, 1.82) is 0 Å². The van der Waals surface area contributed by atoms with Crippen LogP contribution in [0.25, 0.3) is 11.0 Å². The lowest BCUT2D eigenvalue weighted by atomic mass is 10.2. The van der Waals surface area contributed by atoms with Gasteiger partial charge in [-0.2, -0.15) is 0 Å². The third-order valence-corrected chi connectivity index (χ3v) is 3.12. The van der Waals surface area contributed by atoms with Gasteiger partial charge in [-0.1, -0.05) is 24.2 Å². The maximum absolute atomic E-state index is 5.44. The molecule has 0 fully saturated rings. The average Bonchev–Trinajstić information content (AvgIpc) is 3.16. The highest BCUT2D eigenvalue weighted by Crippen LogP contribution is 2.14. The first-order valence-corrected chi connectivity index (χ1v) is 7.01. The number of imidazole rings is 1. The van der Waals surface area contributed by atoms with E-state index in [2.05, 4.69) is 10.1 Å². The second-order valence-electron chi connectivity index (χ2n) is 4.71. The fourth-order valence-corrected chi connectivity index (χ4v) is 2.11. The van der Waals surface area contributed by atoms with Gasteiger partial charge in [0.15, 0.2) is 5.76 Å². The summed E-state index contributed by atoms with van der Waals surface area (Å²) in [6.07, 6.45) is 4.36. The zero-order chi connectivity index (χ0) is 14.5. The second-order valence-corrected chi connectivity index (χ2v) is 4.71. The van der Waals surface area contributed by atoms with E-state index in [4.69, 9.17) is 9.25 Å². The Balaban J connectivity index is 1.89. The van der Waals surface area contributed by atoms with Crippen molar-refractivity contribution in [3.8, 4) is 0 Å². The molecule has 5 nitrogen and oxygen atoms in total. The van der Waals surface area contributed by atoms with Crippen LogP contribution in [0.1, 0.15) is 19.1 Å². The third kappa shape index (κ3) is 2.97. The topological polar surface area (TPSA) is 52.5 Å². The Hall–Kier alpha value is -2.56. The number of benzene rings is 1. The molecule has 3 rings (SSSR count). The summed E-state index contributed by atoms with van der Waals surface area (Å²) in [4.78, 5) is 9.71. The van der Waals surface area contributed by atoms with Crippen molar-refractivity contribution in [1.82, 2.24) is 9.55 Å². The highest BCUT2D eigenvalue weighted by molar-refractivity contribution is 5.98. The highest BCUT2D eigenvalue weighted by atomic mass is 16.6. The summed E-state index contributed by atoms with van der Waals surface area (Å²) in [6.45, 7) is 3.19. The summed E-state index contributed by atoms with van der Waals surface area (Å²) < 4.78 is 7.48. The minimum absolute atomic E-state index is 0.553. The van der Waals surface area contributed by atoms with E-state index in [9.17, 15) is 0 Å². The van der Waals surface area contributed by atoms with Crippen LogP contribution in [0.3, 0.4) is 0 Å². The summed E-state index contributed by atoms with van der Waals surface area (Å²) in [5.41, 5.74) is 2.77. The van der Waals surface area contributed by atoms with Gasteiger partial charge in [-0.15, -0.1) is 0 Å². The fraction of sp³-hybridized carbons (Fsp3) is 0.250. The summed E-state index contributed by atoms with van der Waals surface area (Å²) in [7, 11) is 0. The normalized spacial score (nSPS) is 12.0. The molecule has 2 aromatic heterocycles. The number of furan rings is 1. The van der Waals surface area contributed by atoms with Gasteiger partial charge in [0.25, 0.3) is 0 Å². The summed E-state index contributed by atoms with van der Waals surface area (Å²) in [6, 6.07) is 11.7. The number of para-hydroxylation sites is 2. The monoisotopic (exact) mass is 283 g/mol. The van der Waals surface area contributed by atoms with Gasteiger partial charge >= 0.3 is 0 Å². The number of hydrogen-bond donors (Lipinski definition) is 0. The molecule has 0 unspecified atom stereocenters. The predicted octanol–water partition coefficient (Wildman–Crippen LogP) is 3.46. The molecule has 3 aromatic rings. The second kappa shape index (κ2) is 6.26. The first-order valence-electron chi connectivity index (χ1n) is 7.01. The van der Waals surface area contributed by atoms with Gasteiger partial charge in [0, 0.05) is 0 Å². The molecular formula is C16H17N3O2. The number of rotatable bonds is 6. The Morgan fingerprint density at radius 3 is 3.00 bits per heavy atom. The van der Waals surface area contributed by atoms with Gasteiger partial charge in [0.1, 0.15) is 12.3 Å². The fourth-order valence-electron chi connectivity index (χ4n) is 2.11. The van der Waals surface area contributed by atoms with E-state index < -0.39 is 0 Å². The minimum atomic E-state index is 0.553. The van der Waals surface area contributed by atoms with E-state index in [0.717, 1.165) is 23.2 Å². The van der Waals surface area contributed by atoms with Crippen molar-refractivity contribution >= 4 is 16.7 Å². The van der Waals surface area contributed by atoms with Crippen molar-refractivity contribution in [2.75, 3.05) is 6.61 Å². The molecular weight excluding hydrogens is 266 g/mol. The van der Waals surface area contributed by atoms with Crippen LogP contribution in [0.4, 0.5) is 0 Å². The number of nitrogens with zero attached hydrogens (tertiary/aromatic N) is 3. The molecule has 0 radical (unpaired) electrons. The molecule has 2 heterocycles. The van der Waals surface area contributed by atoms with Gasteiger partial charge < -0.3 is 13.8 Å². The number of fused-ring (bicyclic) bond motifs is 1. The van der Waals surface area contributed by atoms with Gasteiger partial charge in [0.05, 0.1) is 30.2 Å². The molecule has 21 heavy (non-hydrogen) atoms. The van der Waals surface area contributed by atoms with E-state index in [1.807, 2.05) is 54.2 Å². The van der Waals surface area contributed by atoms with Crippen LogP contribution in [0.2, 0.25) is 0 Å². The lowest BCUT2D eigenvalue weighted by Gasteiger charge is -2.06. The Morgan fingerprint density at radius 1 is 1.29 bits per heavy atom. The van der Waals surface area contributed by atoms with E-state index in [0.29, 0.717) is 18.9 Å². The SMILES string of the molecule is CCCON=C(Cn1cnc2ccccc21)c1ccco1. The van der Waals surface area contributed by atoms with Crippen LogP contribution in [-0.4, -0.2) is 21.9 Å². The summed E-state index contributed by atoms with van der Waals surface area (Å²) >= 11 is 0. The molecule has 0 aliphatic heterocycles. The van der Waals surface area contributed by atoms with E-state index >= 15 is 0 Å². The molecule has 0 saturated heterocycles. The smallest absolute Gasteiger partial charge is 0.153 e. The Morgan fingerprint density at radius 2 is 2.19 bits per heavy atom. The molecule has 0 N–H and O–H groups in total. The minimum Gasteiger partial charge on any atom is -0.463 e. The molecule has 0 atom stereocenters. The maximum atomic E-state index is 5.44. The quantitative estimate of drug-likeness (QED) is 0.395. The Kier molecular flexibility index (Phi) is 4.00. The molecule has 0 spiro atoms. The lowest BCUT2D eigenvalue weighted by Crippen LogP contribution is -2.11. The molecule has 108 valence electrons. The molecule has 0 amide bonds. The molecule has 0 bridgehead atoms. The maximum Gasteiger partial charge on any atom is 0.153 e. The van der Waals surface area contributed by atoms with Crippen molar-refractivity contribution in [3.63, 3.8) is 0 Å². The first-order chi connectivity index (χ1) is 10.4. The summed E-state index contributed by atoms with van der Waals surface area (Å²) in [5.74, 6) is 0.712. The zero-order valence-corrected chi connectivity index (χ0v) is 11.9. The highest BCUT2D eigenvalue weighted by Gasteiger charge is 2.11. The molecule has 0 aliphatic carbocycles. The van der Waals surface area contributed by atoms with Crippen LogP contribution in [0.5, 0.6) is 0 Å². The largest absolute Gasteiger partial charge is 0.463 e. The molecule has 1 aromatic carbocycles. The molecule has 0 aliphatic rings. The van der Waals surface area contributed by atoms with Gasteiger partial charge in [-0.25, -0.2) is 4.98 Å². The number of aromatic nitrogens is 2. The van der Waals surface area contributed by atoms with Crippen LogP contribution >= 0.6 is 0 Å². The number of oxime groups is 1. The zero-order valence-electron chi connectivity index (χ0n) is 11.9. The van der Waals surface area contributed by atoms with Crippen LogP contribution in [-0.2, 0) is 11.4 Å². The van der Waals surface area contributed by atoms with Gasteiger partial charge in [-0.3, -0.25) is 0 Å². The number of hydrogen-bond acceptors (Lipinski definition) is 4. The predicted molar refractivity (Wildman–Crippen MR) is 81.2 cm³/mol. The van der Waals surface area contributed by atoms with Crippen LogP contribution < -0.4 is 0 Å². The standard InChI is InChI=1S/C16H17N3O2/c1-2-9-21-18-14(16-8-5-10-20-16)11-19-12-17-13-6-3-4-7-15(13)19/h3-8,10,12H,2,9,11H2,1H3. The third-order valence-electron chi connectivity index (χ3n) is 3.12. The van der Waals surface area contributed by atoms with Crippen molar-refractivity contribution in [2.45, 2.75) is 19.9 Å². The first kappa shape index (κ1) is 13.4. The van der Waals surface area contributed by atoms with E-state index in [1.54, 1.807) is 6.26 Å². The van der Waals surface area contributed by atoms with Crippen molar-refractivity contribution < 1.29 is 9.25 Å². The van der Waals surface area contributed by atoms with Crippen LogP contribution in [0, 0.1) is 0 Å². The molecule has 5 heteroatoms. The van der Waals surface area contributed by atoms with Gasteiger partial charge in [-0.05, 0) is 30.7 Å². The Labute approximate surface area is 122 Å². The Bertz CT molecular complexity index is 729. The van der Waals surface area contributed by atoms with Crippen molar-refractivity contribution in [2.24, 2.45) is 5.16 Å².